The topological polar surface area (TPSA) is 75.5 Å². The van der Waals surface area contributed by atoms with Gasteiger partial charge < -0.3 is 15.0 Å². The summed E-state index contributed by atoms with van der Waals surface area (Å²) in [5.41, 5.74) is 1.89. The van der Waals surface area contributed by atoms with Gasteiger partial charge in [0.05, 0.1) is 24.9 Å². The molecule has 8 heteroatoms. The number of rotatable bonds is 6. The first-order chi connectivity index (χ1) is 13.4. The van der Waals surface area contributed by atoms with Gasteiger partial charge in [0.25, 0.3) is 0 Å². The molecule has 1 aromatic heterocycles. The van der Waals surface area contributed by atoms with E-state index in [0.29, 0.717) is 6.54 Å². The molecule has 8 nitrogen and oxygen atoms in total. The Kier molecular flexibility index (Phi) is 6.31. The van der Waals surface area contributed by atoms with Crippen molar-refractivity contribution in [1.82, 2.24) is 29.9 Å². The van der Waals surface area contributed by atoms with Gasteiger partial charge >= 0.3 is 6.03 Å². The van der Waals surface area contributed by atoms with Crippen LogP contribution >= 0.6 is 0 Å². The molecule has 1 aromatic carbocycles. The summed E-state index contributed by atoms with van der Waals surface area (Å²) in [4.78, 5) is 20.8. The molecule has 28 heavy (non-hydrogen) atoms. The van der Waals surface area contributed by atoms with Crippen LogP contribution in [0.3, 0.4) is 0 Å². The molecular formula is C20H30N6O2. The van der Waals surface area contributed by atoms with Crippen LogP contribution in [0.1, 0.15) is 32.4 Å². The molecule has 3 rings (SSSR count). The second-order valence-corrected chi connectivity index (χ2v) is 7.79. The van der Waals surface area contributed by atoms with Crippen LogP contribution in [0.25, 0.3) is 5.69 Å². The lowest BCUT2D eigenvalue weighted by atomic mass is 10.0. The number of benzene rings is 1. The summed E-state index contributed by atoms with van der Waals surface area (Å²) in [7, 11) is 1.83. The van der Waals surface area contributed by atoms with E-state index in [4.69, 9.17) is 4.74 Å². The molecule has 1 saturated heterocycles. The highest BCUT2D eigenvalue weighted by Gasteiger charge is 2.29. The van der Waals surface area contributed by atoms with Gasteiger partial charge in [-0.2, -0.15) is 5.10 Å². The maximum absolute atomic E-state index is 12.7. The summed E-state index contributed by atoms with van der Waals surface area (Å²) >= 11 is 0. The fraction of sp³-hybridized carbons (Fsp3) is 0.550. The number of aromatic nitrogens is 3. The average Bonchev–Trinajstić information content (AvgIpc) is 3.26. The van der Waals surface area contributed by atoms with Crippen molar-refractivity contribution in [2.75, 3.05) is 39.9 Å². The van der Waals surface area contributed by atoms with E-state index in [9.17, 15) is 4.79 Å². The van der Waals surface area contributed by atoms with Crippen molar-refractivity contribution >= 4 is 6.03 Å². The Morgan fingerprint density at radius 1 is 1.29 bits per heavy atom. The Hall–Kier alpha value is -2.45. The lowest BCUT2D eigenvalue weighted by molar-refractivity contribution is -0.00906. The summed E-state index contributed by atoms with van der Waals surface area (Å²) < 4.78 is 7.13. The number of nitrogens with one attached hydrogen (secondary N) is 1. The summed E-state index contributed by atoms with van der Waals surface area (Å²) in [6.45, 7) is 10.2. The second kappa shape index (κ2) is 8.70. The van der Waals surface area contributed by atoms with Gasteiger partial charge in [0, 0.05) is 32.2 Å². The molecule has 1 atom stereocenters. The zero-order valence-corrected chi connectivity index (χ0v) is 17.1. The highest BCUT2D eigenvalue weighted by atomic mass is 16.5. The van der Waals surface area contributed by atoms with E-state index in [1.54, 1.807) is 15.9 Å². The van der Waals surface area contributed by atoms with Crippen LogP contribution in [0.5, 0.6) is 0 Å². The Labute approximate surface area is 166 Å². The molecular weight excluding hydrogens is 356 g/mol. The van der Waals surface area contributed by atoms with Crippen molar-refractivity contribution in [3.05, 3.63) is 42.5 Å². The highest BCUT2D eigenvalue weighted by Crippen LogP contribution is 2.21. The molecule has 2 amide bonds. The van der Waals surface area contributed by atoms with E-state index in [1.165, 1.54) is 6.33 Å². The minimum absolute atomic E-state index is 0.0451. The molecule has 2 aromatic rings. The van der Waals surface area contributed by atoms with Gasteiger partial charge in [-0.3, -0.25) is 4.90 Å². The Bertz CT molecular complexity index is 754. The van der Waals surface area contributed by atoms with E-state index in [0.717, 1.165) is 37.6 Å². The summed E-state index contributed by atoms with van der Waals surface area (Å²) in [5.74, 6) is 0. The third-order valence-corrected chi connectivity index (χ3v) is 5.50. The standard InChI is InChI=1S/C20H30N6O2/c1-16(17-5-7-18(8-6-17)26-15-21-14-23-26)24(4)19(27)22-13-20(2,3)25-9-11-28-12-10-25/h5-8,14-16H,9-13H2,1-4H3,(H,22,27). The van der Waals surface area contributed by atoms with Crippen LogP contribution in [0, 0.1) is 0 Å². The van der Waals surface area contributed by atoms with Crippen LogP contribution < -0.4 is 5.32 Å². The molecule has 0 spiro atoms. The van der Waals surface area contributed by atoms with Gasteiger partial charge in [0.15, 0.2) is 0 Å². The third-order valence-electron chi connectivity index (χ3n) is 5.50. The van der Waals surface area contributed by atoms with Crippen molar-refractivity contribution < 1.29 is 9.53 Å². The minimum Gasteiger partial charge on any atom is -0.379 e. The van der Waals surface area contributed by atoms with E-state index in [1.807, 2.05) is 38.2 Å². The molecule has 0 saturated carbocycles. The van der Waals surface area contributed by atoms with Gasteiger partial charge in [-0.05, 0) is 38.5 Å². The first-order valence-electron chi connectivity index (χ1n) is 9.67. The van der Waals surface area contributed by atoms with Gasteiger partial charge in [-0.25, -0.2) is 14.5 Å². The maximum atomic E-state index is 12.7. The van der Waals surface area contributed by atoms with Crippen molar-refractivity contribution in [3.8, 4) is 5.69 Å². The first-order valence-corrected chi connectivity index (χ1v) is 9.67. The molecule has 1 aliphatic heterocycles. The monoisotopic (exact) mass is 386 g/mol. The number of morpholine rings is 1. The summed E-state index contributed by atoms with van der Waals surface area (Å²) in [6, 6.07) is 7.87. The fourth-order valence-corrected chi connectivity index (χ4v) is 3.34. The first kappa shape index (κ1) is 20.3. The van der Waals surface area contributed by atoms with Crippen LogP contribution in [0.15, 0.2) is 36.9 Å². The van der Waals surface area contributed by atoms with Crippen LogP contribution in [0.4, 0.5) is 4.79 Å². The molecule has 2 heterocycles. The largest absolute Gasteiger partial charge is 0.379 e. The fourth-order valence-electron chi connectivity index (χ4n) is 3.34. The quantitative estimate of drug-likeness (QED) is 0.823. The molecule has 0 bridgehead atoms. The van der Waals surface area contributed by atoms with Crippen molar-refractivity contribution in [2.45, 2.75) is 32.4 Å². The number of carbonyl (C=O) groups is 1. The van der Waals surface area contributed by atoms with E-state index in [-0.39, 0.29) is 17.6 Å². The molecule has 0 radical (unpaired) electrons. The van der Waals surface area contributed by atoms with Crippen molar-refractivity contribution in [1.29, 1.82) is 0 Å². The number of nitrogens with zero attached hydrogens (tertiary/aromatic N) is 5. The van der Waals surface area contributed by atoms with Gasteiger partial charge in [0.1, 0.15) is 12.7 Å². The highest BCUT2D eigenvalue weighted by molar-refractivity contribution is 5.74. The maximum Gasteiger partial charge on any atom is 0.317 e. The molecule has 0 aliphatic carbocycles. The Morgan fingerprint density at radius 3 is 2.57 bits per heavy atom. The summed E-state index contributed by atoms with van der Waals surface area (Å²) in [5, 5.41) is 7.22. The molecule has 1 fully saturated rings. The normalized spacial score (nSPS) is 16.6. The van der Waals surface area contributed by atoms with Crippen LogP contribution in [-0.2, 0) is 4.74 Å². The zero-order chi connectivity index (χ0) is 20.1. The predicted molar refractivity (Wildman–Crippen MR) is 107 cm³/mol. The Morgan fingerprint density at radius 2 is 1.96 bits per heavy atom. The van der Waals surface area contributed by atoms with E-state index < -0.39 is 0 Å². The number of hydrogen-bond acceptors (Lipinski definition) is 5. The molecule has 1 unspecified atom stereocenters. The van der Waals surface area contributed by atoms with E-state index in [2.05, 4.69) is 34.1 Å². The number of ether oxygens (including phenoxy) is 1. The predicted octanol–water partition coefficient (Wildman–Crippen LogP) is 2.08. The van der Waals surface area contributed by atoms with Crippen LogP contribution in [-0.4, -0.2) is 76.0 Å². The molecule has 1 N–H and O–H groups in total. The van der Waals surface area contributed by atoms with E-state index >= 15 is 0 Å². The van der Waals surface area contributed by atoms with Gasteiger partial charge in [-0.15, -0.1) is 0 Å². The number of urea groups is 1. The lowest BCUT2D eigenvalue weighted by Crippen LogP contribution is -2.56. The number of amides is 2. The summed E-state index contributed by atoms with van der Waals surface area (Å²) in [6.07, 6.45) is 3.17. The molecule has 152 valence electrons. The lowest BCUT2D eigenvalue weighted by Gasteiger charge is -2.41. The smallest absolute Gasteiger partial charge is 0.317 e. The molecule has 1 aliphatic rings. The average molecular weight is 387 g/mol. The third kappa shape index (κ3) is 4.69. The van der Waals surface area contributed by atoms with Crippen molar-refractivity contribution in [2.24, 2.45) is 0 Å². The van der Waals surface area contributed by atoms with Crippen molar-refractivity contribution in [3.63, 3.8) is 0 Å². The number of carbonyl (C=O) groups excluding carboxylic acids is 1. The number of hydrogen-bond donors (Lipinski definition) is 1. The zero-order valence-electron chi connectivity index (χ0n) is 17.1. The van der Waals surface area contributed by atoms with Gasteiger partial charge in [0.2, 0.25) is 0 Å². The Balaban J connectivity index is 1.56. The van der Waals surface area contributed by atoms with Gasteiger partial charge in [-0.1, -0.05) is 12.1 Å². The SMILES string of the molecule is CC(c1ccc(-n2cncn2)cc1)N(C)C(=O)NCC(C)(C)N1CCOCC1. The minimum atomic E-state index is -0.108. The second-order valence-electron chi connectivity index (χ2n) is 7.79. The van der Waals surface area contributed by atoms with Crippen LogP contribution in [0.2, 0.25) is 0 Å².